The maximum absolute atomic E-state index is 14.2. The van der Waals surface area contributed by atoms with Crippen molar-refractivity contribution in [1.29, 1.82) is 0 Å². The molecule has 2 aromatic rings. The Morgan fingerprint density at radius 1 is 1.42 bits per heavy atom. The van der Waals surface area contributed by atoms with Gasteiger partial charge in [0.1, 0.15) is 11.6 Å². The molecule has 1 aromatic carbocycles. The third kappa shape index (κ3) is 2.84. The van der Waals surface area contributed by atoms with Crippen LogP contribution in [-0.2, 0) is 0 Å². The number of aryl methyl sites for hydroxylation is 1. The zero-order valence-corrected chi connectivity index (χ0v) is 11.7. The molecule has 0 saturated carbocycles. The van der Waals surface area contributed by atoms with Crippen molar-refractivity contribution in [1.82, 2.24) is 14.9 Å². The average molecular weight is 261 g/mol. The molecule has 0 fully saturated rings. The molecule has 0 saturated heterocycles. The fraction of sp³-hybridized carbons (Fsp3) is 0.400. The Hall–Kier alpha value is -1.68. The zero-order chi connectivity index (χ0) is 13.8. The van der Waals surface area contributed by atoms with Gasteiger partial charge in [-0.1, -0.05) is 13.0 Å². The van der Waals surface area contributed by atoms with Crippen LogP contribution < -0.4 is 5.32 Å². The molecule has 0 spiro atoms. The number of aromatic nitrogens is 2. The van der Waals surface area contributed by atoms with E-state index in [4.69, 9.17) is 0 Å². The highest BCUT2D eigenvalue weighted by Gasteiger charge is 2.16. The van der Waals surface area contributed by atoms with Crippen LogP contribution in [0.2, 0.25) is 0 Å². The number of rotatable bonds is 5. The lowest BCUT2D eigenvalue weighted by atomic mass is 10.0. The first-order valence-corrected chi connectivity index (χ1v) is 6.67. The number of halogens is 1. The van der Waals surface area contributed by atoms with Gasteiger partial charge >= 0.3 is 0 Å². The summed E-state index contributed by atoms with van der Waals surface area (Å²) in [7, 11) is 0. The molecule has 0 amide bonds. The highest BCUT2D eigenvalue weighted by atomic mass is 19.1. The third-order valence-corrected chi connectivity index (χ3v) is 3.25. The quantitative estimate of drug-likeness (QED) is 0.894. The second kappa shape index (κ2) is 5.97. The van der Waals surface area contributed by atoms with Gasteiger partial charge in [0.15, 0.2) is 0 Å². The van der Waals surface area contributed by atoms with Gasteiger partial charge < -0.3 is 9.88 Å². The van der Waals surface area contributed by atoms with E-state index in [-0.39, 0.29) is 11.9 Å². The van der Waals surface area contributed by atoms with Crippen LogP contribution >= 0.6 is 0 Å². The van der Waals surface area contributed by atoms with E-state index in [1.165, 1.54) is 6.07 Å². The van der Waals surface area contributed by atoms with Crippen molar-refractivity contribution in [3.63, 3.8) is 0 Å². The van der Waals surface area contributed by atoms with Gasteiger partial charge in [0.2, 0.25) is 0 Å². The molecule has 4 heteroatoms. The van der Waals surface area contributed by atoms with Crippen LogP contribution in [-0.4, -0.2) is 16.1 Å². The lowest BCUT2D eigenvalue weighted by molar-refractivity contribution is 0.525. The molecule has 1 unspecified atom stereocenters. The van der Waals surface area contributed by atoms with Crippen molar-refractivity contribution < 1.29 is 4.39 Å². The number of nitrogens with zero attached hydrogens (tertiary/aromatic N) is 2. The van der Waals surface area contributed by atoms with Crippen LogP contribution in [0.15, 0.2) is 30.6 Å². The van der Waals surface area contributed by atoms with E-state index in [9.17, 15) is 4.39 Å². The minimum atomic E-state index is -0.179. The number of hydrogen-bond acceptors (Lipinski definition) is 2. The van der Waals surface area contributed by atoms with Crippen LogP contribution in [0.5, 0.6) is 0 Å². The smallest absolute Gasteiger partial charge is 0.130 e. The Morgan fingerprint density at radius 2 is 2.21 bits per heavy atom. The second-order valence-corrected chi connectivity index (χ2v) is 4.69. The van der Waals surface area contributed by atoms with Crippen LogP contribution in [0.25, 0.3) is 5.69 Å². The summed E-state index contributed by atoms with van der Waals surface area (Å²) in [6, 6.07) is 5.14. The SMILES string of the molecule is CCCNC(C)c1c(F)cccc1-n1ccnc1C. The molecule has 1 aromatic heterocycles. The molecule has 1 atom stereocenters. The lowest BCUT2D eigenvalue weighted by Gasteiger charge is -2.19. The minimum absolute atomic E-state index is 0.0297. The summed E-state index contributed by atoms with van der Waals surface area (Å²) in [5.74, 6) is 0.677. The number of nitrogens with one attached hydrogen (secondary N) is 1. The molecule has 19 heavy (non-hydrogen) atoms. The van der Waals surface area contributed by atoms with Crippen molar-refractivity contribution >= 4 is 0 Å². The maximum atomic E-state index is 14.2. The van der Waals surface area contributed by atoms with E-state index in [0.717, 1.165) is 24.5 Å². The van der Waals surface area contributed by atoms with E-state index >= 15 is 0 Å². The Balaban J connectivity index is 2.44. The number of benzene rings is 1. The van der Waals surface area contributed by atoms with Gasteiger partial charge in [-0.05, 0) is 38.9 Å². The van der Waals surface area contributed by atoms with Crippen LogP contribution in [0.3, 0.4) is 0 Å². The lowest BCUT2D eigenvalue weighted by Crippen LogP contribution is -2.22. The van der Waals surface area contributed by atoms with Gasteiger partial charge in [0.05, 0.1) is 5.69 Å². The summed E-state index contributed by atoms with van der Waals surface area (Å²) in [4.78, 5) is 4.21. The van der Waals surface area contributed by atoms with Gasteiger partial charge in [-0.3, -0.25) is 0 Å². The first kappa shape index (κ1) is 13.7. The fourth-order valence-electron chi connectivity index (χ4n) is 2.26. The van der Waals surface area contributed by atoms with Crippen LogP contribution in [0.1, 0.15) is 37.7 Å². The molecule has 0 radical (unpaired) electrons. The highest BCUT2D eigenvalue weighted by molar-refractivity contribution is 5.44. The summed E-state index contributed by atoms with van der Waals surface area (Å²) >= 11 is 0. The van der Waals surface area contributed by atoms with Gasteiger partial charge in [-0.25, -0.2) is 9.37 Å². The molecule has 1 N–H and O–H groups in total. The first-order chi connectivity index (χ1) is 9.15. The first-order valence-electron chi connectivity index (χ1n) is 6.67. The summed E-state index contributed by atoms with van der Waals surface area (Å²) in [6.07, 6.45) is 4.62. The van der Waals surface area contributed by atoms with E-state index in [1.54, 1.807) is 12.3 Å². The molecule has 0 aliphatic carbocycles. The third-order valence-electron chi connectivity index (χ3n) is 3.25. The van der Waals surface area contributed by atoms with Crippen molar-refractivity contribution in [3.8, 4) is 5.69 Å². The van der Waals surface area contributed by atoms with Crippen molar-refractivity contribution in [2.75, 3.05) is 6.54 Å². The molecule has 0 aliphatic heterocycles. The normalized spacial score (nSPS) is 12.6. The second-order valence-electron chi connectivity index (χ2n) is 4.69. The van der Waals surface area contributed by atoms with Crippen molar-refractivity contribution in [2.24, 2.45) is 0 Å². The maximum Gasteiger partial charge on any atom is 0.130 e. The Morgan fingerprint density at radius 3 is 2.84 bits per heavy atom. The molecule has 0 bridgehead atoms. The van der Waals surface area contributed by atoms with E-state index in [2.05, 4.69) is 17.2 Å². The van der Waals surface area contributed by atoms with E-state index in [0.29, 0.717) is 5.56 Å². The molecule has 3 nitrogen and oxygen atoms in total. The highest BCUT2D eigenvalue weighted by Crippen LogP contribution is 2.25. The molecule has 102 valence electrons. The predicted octanol–water partition coefficient (Wildman–Crippen LogP) is 3.38. The summed E-state index contributed by atoms with van der Waals surface area (Å²) < 4.78 is 16.1. The van der Waals surface area contributed by atoms with Crippen LogP contribution in [0, 0.1) is 12.7 Å². The fourth-order valence-corrected chi connectivity index (χ4v) is 2.26. The largest absolute Gasteiger partial charge is 0.310 e. The van der Waals surface area contributed by atoms with Crippen molar-refractivity contribution in [2.45, 2.75) is 33.2 Å². The molecular weight excluding hydrogens is 241 g/mol. The summed E-state index contributed by atoms with van der Waals surface area (Å²) in [5, 5.41) is 3.34. The topological polar surface area (TPSA) is 29.9 Å². The summed E-state index contributed by atoms with van der Waals surface area (Å²) in [6.45, 7) is 6.88. The average Bonchev–Trinajstić information content (AvgIpc) is 2.81. The Labute approximate surface area is 113 Å². The van der Waals surface area contributed by atoms with Gasteiger partial charge in [0.25, 0.3) is 0 Å². The number of hydrogen-bond donors (Lipinski definition) is 1. The molecule has 2 rings (SSSR count). The van der Waals surface area contributed by atoms with E-state index in [1.807, 2.05) is 30.7 Å². The van der Waals surface area contributed by atoms with E-state index < -0.39 is 0 Å². The van der Waals surface area contributed by atoms with Crippen molar-refractivity contribution in [3.05, 3.63) is 47.8 Å². The predicted molar refractivity (Wildman–Crippen MR) is 75.0 cm³/mol. The zero-order valence-electron chi connectivity index (χ0n) is 11.7. The Bertz CT molecular complexity index is 548. The molecule has 0 aliphatic rings. The molecular formula is C15H20FN3. The summed E-state index contributed by atoms with van der Waals surface area (Å²) in [5.41, 5.74) is 1.54. The standard InChI is InChI=1S/C15H20FN3/c1-4-8-17-11(2)15-13(16)6-5-7-14(15)19-10-9-18-12(19)3/h5-7,9-11,17H,4,8H2,1-3H3. The minimum Gasteiger partial charge on any atom is -0.310 e. The van der Waals surface area contributed by atoms with Gasteiger partial charge in [-0.2, -0.15) is 0 Å². The Kier molecular flexibility index (Phi) is 4.32. The van der Waals surface area contributed by atoms with Gasteiger partial charge in [0, 0.05) is 24.0 Å². The molecule has 1 heterocycles. The van der Waals surface area contributed by atoms with Crippen LogP contribution in [0.4, 0.5) is 4.39 Å². The monoisotopic (exact) mass is 261 g/mol. The van der Waals surface area contributed by atoms with Gasteiger partial charge in [-0.15, -0.1) is 0 Å². The number of imidazole rings is 1.